The maximum atomic E-state index is 12.4. The van der Waals surface area contributed by atoms with E-state index < -0.39 is 12.6 Å². The molecule has 28 heavy (non-hydrogen) atoms. The van der Waals surface area contributed by atoms with Crippen molar-refractivity contribution in [3.05, 3.63) is 11.6 Å². The Balaban J connectivity index is 0.00000392. The van der Waals surface area contributed by atoms with Gasteiger partial charge in [0.1, 0.15) is 12.4 Å². The molecule has 8 nitrogen and oxygen atoms in total. The highest BCUT2D eigenvalue weighted by atomic mass is 127. The first-order valence-electron chi connectivity index (χ1n) is 9.09. The molecule has 0 radical (unpaired) electrons. The molecule has 1 aliphatic rings. The number of nitrogens with one attached hydrogen (secondary N) is 2. The molecule has 162 valence electrons. The minimum Gasteiger partial charge on any atom is -0.379 e. The molecule has 1 aliphatic heterocycles. The van der Waals surface area contributed by atoms with Crippen molar-refractivity contribution in [1.29, 1.82) is 0 Å². The molecule has 2 heterocycles. The zero-order valence-corrected chi connectivity index (χ0v) is 18.6. The van der Waals surface area contributed by atoms with Crippen molar-refractivity contribution < 1.29 is 17.9 Å². The summed E-state index contributed by atoms with van der Waals surface area (Å²) < 4.78 is 44.3. The number of hydrogen-bond acceptors (Lipinski definition) is 5. The van der Waals surface area contributed by atoms with E-state index in [-0.39, 0.29) is 37.1 Å². The van der Waals surface area contributed by atoms with Gasteiger partial charge < -0.3 is 19.9 Å². The average molecular weight is 519 g/mol. The van der Waals surface area contributed by atoms with Gasteiger partial charge in [-0.2, -0.15) is 13.2 Å². The molecule has 1 aromatic heterocycles. The van der Waals surface area contributed by atoms with Crippen molar-refractivity contribution in [2.24, 2.45) is 12.0 Å². The third kappa shape index (κ3) is 9.37. The SMILES string of the molecule is Cc1nnc(CN=C(NCCCN2CCOCC2)NCCC(F)(F)F)n1C.I. The van der Waals surface area contributed by atoms with Crippen LogP contribution in [0.25, 0.3) is 0 Å². The number of guanidine groups is 1. The van der Waals surface area contributed by atoms with Crippen molar-refractivity contribution in [3.8, 4) is 0 Å². The van der Waals surface area contributed by atoms with Crippen molar-refractivity contribution in [2.75, 3.05) is 45.9 Å². The number of ether oxygens (including phenoxy) is 1. The highest BCUT2D eigenvalue weighted by molar-refractivity contribution is 14.0. The van der Waals surface area contributed by atoms with E-state index in [9.17, 15) is 13.2 Å². The van der Waals surface area contributed by atoms with Crippen LogP contribution in [0.4, 0.5) is 13.2 Å². The molecular formula is C16H29F3IN7O. The van der Waals surface area contributed by atoms with Gasteiger partial charge in [-0.1, -0.05) is 0 Å². The van der Waals surface area contributed by atoms with E-state index >= 15 is 0 Å². The number of aryl methyl sites for hydroxylation is 1. The highest BCUT2D eigenvalue weighted by Crippen LogP contribution is 2.18. The second-order valence-electron chi connectivity index (χ2n) is 6.41. The van der Waals surface area contributed by atoms with Gasteiger partial charge in [0.2, 0.25) is 0 Å². The monoisotopic (exact) mass is 519 g/mol. The quantitative estimate of drug-likeness (QED) is 0.235. The molecule has 0 aliphatic carbocycles. The summed E-state index contributed by atoms with van der Waals surface area (Å²) in [5, 5.41) is 13.8. The Morgan fingerprint density at radius 2 is 1.86 bits per heavy atom. The van der Waals surface area contributed by atoms with Crippen LogP contribution in [0.2, 0.25) is 0 Å². The van der Waals surface area contributed by atoms with Crippen LogP contribution in [0.3, 0.4) is 0 Å². The molecule has 1 fully saturated rings. The van der Waals surface area contributed by atoms with Crippen LogP contribution in [-0.4, -0.2) is 77.7 Å². The lowest BCUT2D eigenvalue weighted by Crippen LogP contribution is -2.41. The van der Waals surface area contributed by atoms with Crippen molar-refractivity contribution in [2.45, 2.75) is 32.5 Å². The van der Waals surface area contributed by atoms with Crippen LogP contribution in [-0.2, 0) is 18.3 Å². The fraction of sp³-hybridized carbons (Fsp3) is 0.812. The van der Waals surface area contributed by atoms with Crippen molar-refractivity contribution in [1.82, 2.24) is 30.3 Å². The minimum absolute atomic E-state index is 0. The Labute approximate surface area is 180 Å². The Hall–Kier alpha value is -1.15. The standard InChI is InChI=1S/C16H28F3N7O.HI/c1-13-23-24-14(25(13)2)12-22-15(21-6-4-16(17,18)19)20-5-3-7-26-8-10-27-11-9-26;/h3-12H2,1-2H3,(H2,20,21,22);1H. The van der Waals surface area contributed by atoms with E-state index in [0.29, 0.717) is 18.3 Å². The Kier molecular flexibility index (Phi) is 11.0. The Morgan fingerprint density at radius 3 is 2.46 bits per heavy atom. The second-order valence-corrected chi connectivity index (χ2v) is 6.41. The van der Waals surface area contributed by atoms with E-state index in [2.05, 4.69) is 30.7 Å². The third-order valence-electron chi connectivity index (χ3n) is 4.31. The van der Waals surface area contributed by atoms with Crippen LogP contribution in [0.1, 0.15) is 24.5 Å². The molecular weight excluding hydrogens is 490 g/mol. The second kappa shape index (κ2) is 12.4. The number of aromatic nitrogens is 3. The molecule has 0 aromatic carbocycles. The molecule has 12 heteroatoms. The number of rotatable bonds is 8. The normalized spacial score (nSPS) is 16.0. The van der Waals surface area contributed by atoms with E-state index in [1.807, 2.05) is 14.0 Å². The molecule has 0 bridgehead atoms. The van der Waals surface area contributed by atoms with Crippen LogP contribution < -0.4 is 10.6 Å². The maximum absolute atomic E-state index is 12.4. The number of aliphatic imine (C=N–C) groups is 1. The van der Waals surface area contributed by atoms with Crippen molar-refractivity contribution in [3.63, 3.8) is 0 Å². The van der Waals surface area contributed by atoms with Crippen LogP contribution in [0.5, 0.6) is 0 Å². The zero-order chi connectivity index (χ0) is 19.7. The number of alkyl halides is 3. The lowest BCUT2D eigenvalue weighted by atomic mass is 10.3. The summed E-state index contributed by atoms with van der Waals surface area (Å²) in [5.41, 5.74) is 0. The van der Waals surface area contributed by atoms with Gasteiger partial charge in [-0.15, -0.1) is 34.2 Å². The summed E-state index contributed by atoms with van der Waals surface area (Å²) in [4.78, 5) is 6.65. The lowest BCUT2D eigenvalue weighted by molar-refractivity contribution is -0.132. The Morgan fingerprint density at radius 1 is 1.18 bits per heavy atom. The van der Waals surface area contributed by atoms with Gasteiger partial charge in [-0.25, -0.2) is 4.99 Å². The number of morpholine rings is 1. The average Bonchev–Trinajstić information content (AvgIpc) is 2.94. The Bertz CT molecular complexity index is 604. The third-order valence-corrected chi connectivity index (χ3v) is 4.31. The molecule has 0 unspecified atom stereocenters. The molecule has 0 saturated carbocycles. The molecule has 2 N–H and O–H groups in total. The van der Waals surface area contributed by atoms with Gasteiger partial charge in [0.25, 0.3) is 0 Å². The highest BCUT2D eigenvalue weighted by Gasteiger charge is 2.26. The van der Waals surface area contributed by atoms with E-state index in [1.165, 1.54) is 0 Å². The number of hydrogen-bond donors (Lipinski definition) is 2. The van der Waals surface area contributed by atoms with E-state index in [1.54, 1.807) is 4.57 Å². The van der Waals surface area contributed by atoms with E-state index in [0.717, 1.165) is 45.1 Å². The summed E-state index contributed by atoms with van der Waals surface area (Å²) in [6, 6.07) is 0. The van der Waals surface area contributed by atoms with Gasteiger partial charge in [-0.05, 0) is 19.9 Å². The number of nitrogens with zero attached hydrogens (tertiary/aromatic N) is 5. The first-order chi connectivity index (χ1) is 12.8. The lowest BCUT2D eigenvalue weighted by Gasteiger charge is -2.26. The minimum atomic E-state index is -4.20. The molecule has 0 atom stereocenters. The van der Waals surface area contributed by atoms with Gasteiger partial charge in [0.15, 0.2) is 11.8 Å². The maximum Gasteiger partial charge on any atom is 0.390 e. The first-order valence-corrected chi connectivity index (χ1v) is 9.09. The number of halogens is 4. The summed E-state index contributed by atoms with van der Waals surface area (Å²) in [6.07, 6.45) is -4.25. The fourth-order valence-electron chi connectivity index (χ4n) is 2.57. The van der Waals surface area contributed by atoms with Gasteiger partial charge in [0, 0.05) is 33.2 Å². The van der Waals surface area contributed by atoms with Gasteiger partial charge in [0.05, 0.1) is 19.6 Å². The predicted molar refractivity (Wildman–Crippen MR) is 111 cm³/mol. The molecule has 1 saturated heterocycles. The molecule has 0 spiro atoms. The van der Waals surface area contributed by atoms with Gasteiger partial charge in [-0.3, -0.25) is 4.90 Å². The molecule has 1 aromatic rings. The van der Waals surface area contributed by atoms with Gasteiger partial charge >= 0.3 is 6.18 Å². The molecule has 2 rings (SSSR count). The smallest absolute Gasteiger partial charge is 0.379 e. The summed E-state index contributed by atoms with van der Waals surface area (Å²) >= 11 is 0. The first kappa shape index (κ1) is 24.9. The van der Waals surface area contributed by atoms with Crippen LogP contribution in [0, 0.1) is 6.92 Å². The zero-order valence-electron chi connectivity index (χ0n) is 16.3. The largest absolute Gasteiger partial charge is 0.390 e. The summed E-state index contributed by atoms with van der Waals surface area (Å²) in [7, 11) is 1.83. The molecule has 0 amide bonds. The van der Waals surface area contributed by atoms with E-state index in [4.69, 9.17) is 4.74 Å². The topological polar surface area (TPSA) is 79.6 Å². The van der Waals surface area contributed by atoms with Crippen LogP contribution >= 0.6 is 24.0 Å². The fourth-order valence-corrected chi connectivity index (χ4v) is 2.57. The summed E-state index contributed by atoms with van der Waals surface area (Å²) in [6.45, 7) is 6.69. The van der Waals surface area contributed by atoms with Crippen molar-refractivity contribution >= 4 is 29.9 Å². The summed E-state index contributed by atoms with van der Waals surface area (Å²) in [5.74, 6) is 1.75. The predicted octanol–water partition coefficient (Wildman–Crippen LogP) is 1.45. The van der Waals surface area contributed by atoms with Crippen LogP contribution in [0.15, 0.2) is 4.99 Å².